The molecule has 0 aromatic heterocycles. The highest BCUT2D eigenvalue weighted by Gasteiger charge is 2.22. The predicted octanol–water partition coefficient (Wildman–Crippen LogP) is 2.20. The summed E-state index contributed by atoms with van der Waals surface area (Å²) < 4.78 is 0. The number of anilines is 1. The highest BCUT2D eigenvalue weighted by atomic mass is 16.6. The molecule has 0 saturated heterocycles. The van der Waals surface area contributed by atoms with Gasteiger partial charge in [0.15, 0.2) is 0 Å². The maximum Gasteiger partial charge on any atom is 0.326 e. The average Bonchev–Trinajstić information content (AvgIpc) is 2.28. The lowest BCUT2D eigenvalue weighted by Gasteiger charge is -2.25. The summed E-state index contributed by atoms with van der Waals surface area (Å²) >= 11 is 0. The number of hydrogen-bond donors (Lipinski definition) is 1. The van der Waals surface area contributed by atoms with Crippen LogP contribution >= 0.6 is 0 Å². The molecule has 1 rings (SSSR count). The monoisotopic (exact) mass is 252 g/mol. The molecule has 6 heteroatoms. The molecule has 98 valence electrons. The van der Waals surface area contributed by atoms with E-state index in [1.54, 1.807) is 31.9 Å². The smallest absolute Gasteiger partial charge is 0.326 e. The molecule has 6 nitrogen and oxygen atoms in total. The Bertz CT molecular complexity index is 473. The highest BCUT2D eigenvalue weighted by molar-refractivity contribution is 5.78. The SMILES string of the molecule is CCC(C(=O)O)N(C)c1cc(C)cc([N+](=O)[O-])c1. The molecule has 1 aromatic rings. The fourth-order valence-electron chi connectivity index (χ4n) is 1.85. The third-order valence-electron chi connectivity index (χ3n) is 2.80. The van der Waals surface area contributed by atoms with Gasteiger partial charge in [-0.05, 0) is 25.0 Å². The first-order valence-corrected chi connectivity index (χ1v) is 5.58. The second kappa shape index (κ2) is 5.48. The van der Waals surface area contributed by atoms with Gasteiger partial charge in [0.2, 0.25) is 0 Å². The Labute approximate surface area is 105 Å². The number of carboxylic acids is 1. The molecule has 0 spiro atoms. The van der Waals surface area contributed by atoms with Crippen LogP contribution in [-0.4, -0.2) is 29.1 Å². The van der Waals surface area contributed by atoms with Crippen LogP contribution in [0.5, 0.6) is 0 Å². The number of nitrogens with zero attached hydrogens (tertiary/aromatic N) is 2. The van der Waals surface area contributed by atoms with Crippen molar-refractivity contribution in [2.24, 2.45) is 0 Å². The minimum atomic E-state index is -0.941. The molecule has 0 aliphatic rings. The molecule has 18 heavy (non-hydrogen) atoms. The average molecular weight is 252 g/mol. The summed E-state index contributed by atoms with van der Waals surface area (Å²) in [5, 5.41) is 19.8. The Kier molecular flexibility index (Phi) is 4.25. The van der Waals surface area contributed by atoms with E-state index in [4.69, 9.17) is 5.11 Å². The lowest BCUT2D eigenvalue weighted by molar-refractivity contribution is -0.384. The molecule has 0 aliphatic heterocycles. The summed E-state index contributed by atoms with van der Waals surface area (Å²) in [7, 11) is 1.63. The van der Waals surface area contributed by atoms with Gasteiger partial charge in [0.05, 0.1) is 4.92 Å². The Morgan fingerprint density at radius 2 is 2.11 bits per heavy atom. The maximum atomic E-state index is 11.1. The lowest BCUT2D eigenvalue weighted by atomic mass is 10.1. The molecule has 1 N–H and O–H groups in total. The van der Waals surface area contributed by atoms with Gasteiger partial charge in [-0.3, -0.25) is 10.1 Å². The van der Waals surface area contributed by atoms with Crippen LogP contribution in [-0.2, 0) is 4.79 Å². The predicted molar refractivity (Wildman–Crippen MR) is 68.0 cm³/mol. The number of benzene rings is 1. The molecule has 0 saturated carbocycles. The number of rotatable bonds is 5. The molecule has 1 unspecified atom stereocenters. The molecule has 0 amide bonds. The lowest BCUT2D eigenvalue weighted by Crippen LogP contribution is -2.38. The molecule has 0 aliphatic carbocycles. The molecule has 1 atom stereocenters. The zero-order valence-corrected chi connectivity index (χ0v) is 10.6. The number of non-ortho nitro benzene ring substituents is 1. The molecule has 0 bridgehead atoms. The Morgan fingerprint density at radius 3 is 2.56 bits per heavy atom. The molecule has 0 radical (unpaired) electrons. The van der Waals surface area contributed by atoms with Crippen molar-refractivity contribution in [2.75, 3.05) is 11.9 Å². The van der Waals surface area contributed by atoms with Gasteiger partial charge in [-0.25, -0.2) is 4.79 Å². The summed E-state index contributed by atoms with van der Waals surface area (Å²) in [5.74, 6) is -0.941. The van der Waals surface area contributed by atoms with Crippen LogP contribution < -0.4 is 4.90 Å². The first kappa shape index (κ1) is 14.0. The number of hydrogen-bond acceptors (Lipinski definition) is 4. The van der Waals surface area contributed by atoms with Gasteiger partial charge in [0.1, 0.15) is 6.04 Å². The molecular formula is C12H16N2O4. The second-order valence-electron chi connectivity index (χ2n) is 4.16. The van der Waals surface area contributed by atoms with Gasteiger partial charge in [0.25, 0.3) is 5.69 Å². The van der Waals surface area contributed by atoms with Crippen molar-refractivity contribution in [2.45, 2.75) is 26.3 Å². The van der Waals surface area contributed by atoms with Gasteiger partial charge < -0.3 is 10.0 Å². The van der Waals surface area contributed by atoms with Crippen molar-refractivity contribution in [1.29, 1.82) is 0 Å². The van der Waals surface area contributed by atoms with Crippen LogP contribution in [0.3, 0.4) is 0 Å². The van der Waals surface area contributed by atoms with E-state index in [9.17, 15) is 14.9 Å². The van der Waals surface area contributed by atoms with Crippen LogP contribution in [0, 0.1) is 17.0 Å². The first-order valence-electron chi connectivity index (χ1n) is 5.58. The topological polar surface area (TPSA) is 83.7 Å². The van der Waals surface area contributed by atoms with Crippen molar-refractivity contribution >= 4 is 17.3 Å². The van der Waals surface area contributed by atoms with Crippen LogP contribution in [0.4, 0.5) is 11.4 Å². The number of carbonyl (C=O) groups is 1. The van der Waals surface area contributed by atoms with E-state index in [1.165, 1.54) is 12.1 Å². The highest BCUT2D eigenvalue weighted by Crippen LogP contribution is 2.25. The van der Waals surface area contributed by atoms with Crippen molar-refractivity contribution in [3.05, 3.63) is 33.9 Å². The van der Waals surface area contributed by atoms with Gasteiger partial charge in [-0.2, -0.15) is 0 Å². The maximum absolute atomic E-state index is 11.1. The summed E-state index contributed by atoms with van der Waals surface area (Å²) in [6.07, 6.45) is 0.424. The fourth-order valence-corrected chi connectivity index (χ4v) is 1.85. The summed E-state index contributed by atoms with van der Waals surface area (Å²) in [6, 6.07) is 3.89. The largest absolute Gasteiger partial charge is 0.480 e. The van der Waals surface area contributed by atoms with Crippen molar-refractivity contribution in [3.63, 3.8) is 0 Å². The molecule has 1 aromatic carbocycles. The van der Waals surface area contributed by atoms with Crippen LogP contribution in [0.15, 0.2) is 18.2 Å². The Morgan fingerprint density at radius 1 is 1.50 bits per heavy atom. The number of nitro groups is 1. The van der Waals surface area contributed by atoms with E-state index >= 15 is 0 Å². The van der Waals surface area contributed by atoms with Gasteiger partial charge in [-0.1, -0.05) is 6.92 Å². The number of aliphatic carboxylic acids is 1. The standard InChI is InChI=1S/C12H16N2O4/c1-4-11(12(15)16)13(3)9-5-8(2)6-10(7-9)14(17)18/h5-7,11H,4H2,1-3H3,(H,15,16). The summed E-state index contributed by atoms with van der Waals surface area (Å²) in [4.78, 5) is 22.9. The fraction of sp³-hybridized carbons (Fsp3) is 0.417. The normalized spacial score (nSPS) is 11.9. The van der Waals surface area contributed by atoms with Gasteiger partial charge in [-0.15, -0.1) is 0 Å². The first-order chi connectivity index (χ1) is 8.36. The minimum absolute atomic E-state index is 0.0305. The van der Waals surface area contributed by atoms with E-state index in [0.717, 1.165) is 5.56 Å². The quantitative estimate of drug-likeness (QED) is 0.641. The van der Waals surface area contributed by atoms with Crippen molar-refractivity contribution in [1.82, 2.24) is 0 Å². The third kappa shape index (κ3) is 2.97. The zero-order chi connectivity index (χ0) is 13.9. The van der Waals surface area contributed by atoms with Crippen LogP contribution in [0.1, 0.15) is 18.9 Å². The second-order valence-corrected chi connectivity index (χ2v) is 4.16. The van der Waals surface area contributed by atoms with Crippen LogP contribution in [0.25, 0.3) is 0 Å². The van der Waals surface area contributed by atoms with Crippen LogP contribution in [0.2, 0.25) is 0 Å². The molecular weight excluding hydrogens is 236 g/mol. The number of aryl methyl sites for hydroxylation is 1. The Balaban J connectivity index is 3.16. The van der Waals surface area contributed by atoms with E-state index in [2.05, 4.69) is 0 Å². The number of nitro benzene ring substituents is 1. The van der Waals surface area contributed by atoms with E-state index < -0.39 is 16.9 Å². The number of carboxylic acid groups (broad SMARTS) is 1. The minimum Gasteiger partial charge on any atom is -0.480 e. The van der Waals surface area contributed by atoms with Gasteiger partial charge in [0, 0.05) is 24.9 Å². The molecule has 0 fully saturated rings. The van der Waals surface area contributed by atoms with E-state index in [-0.39, 0.29) is 5.69 Å². The van der Waals surface area contributed by atoms with Gasteiger partial charge >= 0.3 is 5.97 Å². The number of likely N-dealkylation sites (N-methyl/N-ethyl adjacent to an activating group) is 1. The Hall–Kier alpha value is -2.11. The third-order valence-corrected chi connectivity index (χ3v) is 2.80. The van der Waals surface area contributed by atoms with E-state index in [0.29, 0.717) is 12.1 Å². The zero-order valence-electron chi connectivity index (χ0n) is 10.6. The van der Waals surface area contributed by atoms with E-state index in [1.807, 2.05) is 0 Å². The van der Waals surface area contributed by atoms with Crippen molar-refractivity contribution < 1.29 is 14.8 Å². The van der Waals surface area contributed by atoms with Crippen molar-refractivity contribution in [3.8, 4) is 0 Å². The summed E-state index contributed by atoms with van der Waals surface area (Å²) in [6.45, 7) is 3.51. The molecule has 0 heterocycles. The summed E-state index contributed by atoms with van der Waals surface area (Å²) in [5.41, 5.74) is 1.24.